The van der Waals surface area contributed by atoms with E-state index < -0.39 is 12.1 Å². The van der Waals surface area contributed by atoms with Crippen LogP contribution in [0.2, 0.25) is 5.02 Å². The lowest BCUT2D eigenvalue weighted by Crippen LogP contribution is -2.42. The number of carboxylic acid groups (broad SMARTS) is 1. The van der Waals surface area contributed by atoms with Gasteiger partial charge in [-0.1, -0.05) is 18.0 Å². The number of carbonyl (C=O) groups is 2. The summed E-state index contributed by atoms with van der Waals surface area (Å²) in [4.78, 5) is 30.5. The molecule has 7 nitrogen and oxygen atoms in total. The van der Waals surface area contributed by atoms with Crippen LogP contribution in [-0.2, 0) is 4.79 Å². The molecule has 4 rings (SSSR count). The highest BCUT2D eigenvalue weighted by atomic mass is 35.5. The smallest absolute Gasteiger partial charge is 0.475 e. The van der Waals surface area contributed by atoms with Crippen LogP contribution < -0.4 is 4.74 Å². The highest BCUT2D eigenvalue weighted by molar-refractivity contribution is 6.30. The summed E-state index contributed by atoms with van der Waals surface area (Å²) in [6, 6.07) is 11.4. The first-order valence-electron chi connectivity index (χ1n) is 10.9. The monoisotopic (exact) mass is 499 g/mol. The molecule has 1 aromatic heterocycles. The van der Waals surface area contributed by atoms with E-state index in [1.165, 1.54) is 19.3 Å². The number of carboxylic acids is 1. The minimum Gasteiger partial charge on any atom is -0.475 e. The fourth-order valence-electron chi connectivity index (χ4n) is 3.63. The zero-order valence-corrected chi connectivity index (χ0v) is 19.1. The number of amides is 1. The number of ether oxygens (including phenoxy) is 1. The second-order valence-corrected chi connectivity index (χ2v) is 8.44. The Balaban J connectivity index is 0.000000406. The van der Waals surface area contributed by atoms with Crippen molar-refractivity contribution in [2.75, 3.05) is 26.2 Å². The van der Waals surface area contributed by atoms with Crippen LogP contribution in [0.1, 0.15) is 36.2 Å². The second-order valence-electron chi connectivity index (χ2n) is 8.00. The molecule has 34 heavy (non-hydrogen) atoms. The first kappa shape index (κ1) is 25.8. The molecule has 2 heterocycles. The third-order valence-electron chi connectivity index (χ3n) is 5.66. The molecule has 2 fully saturated rings. The Hall–Kier alpha value is -2.85. The van der Waals surface area contributed by atoms with Gasteiger partial charge >= 0.3 is 12.1 Å². The third-order valence-corrected chi connectivity index (χ3v) is 5.91. The summed E-state index contributed by atoms with van der Waals surface area (Å²) < 4.78 is 37.5. The Morgan fingerprint density at radius 2 is 1.62 bits per heavy atom. The van der Waals surface area contributed by atoms with Gasteiger partial charge in [0.15, 0.2) is 0 Å². The SMILES string of the molecule is O=C(O)C(F)(F)F.O=C(c1ccc(Oc2ccc(Cl)cc2)cn1)N1CCCN(C2CCC2)CC1. The van der Waals surface area contributed by atoms with Crippen molar-refractivity contribution in [1.29, 1.82) is 0 Å². The highest BCUT2D eigenvalue weighted by Gasteiger charge is 2.38. The van der Waals surface area contributed by atoms with E-state index in [2.05, 4.69) is 9.88 Å². The molecule has 2 aliphatic rings. The average Bonchev–Trinajstić information content (AvgIpc) is 3.00. The maximum atomic E-state index is 12.8. The van der Waals surface area contributed by atoms with E-state index in [-0.39, 0.29) is 5.91 Å². The van der Waals surface area contributed by atoms with E-state index in [0.717, 1.165) is 38.6 Å². The highest BCUT2D eigenvalue weighted by Crippen LogP contribution is 2.26. The molecule has 2 aromatic rings. The number of alkyl halides is 3. The standard InChI is InChI=1S/C21H24ClN3O2.C2HF3O2/c22-16-5-7-18(8-6-16)27-19-9-10-20(23-15-19)21(26)25-12-2-11-24(13-14-25)17-3-1-4-17;3-2(4,5)1(6)7/h5-10,15,17H,1-4,11-14H2;(H,6,7). The van der Waals surface area contributed by atoms with Crippen LogP contribution in [0.15, 0.2) is 42.6 Å². The number of benzene rings is 1. The van der Waals surface area contributed by atoms with Crippen LogP contribution in [0.3, 0.4) is 0 Å². The number of carbonyl (C=O) groups excluding carboxylic acids is 1. The summed E-state index contributed by atoms with van der Waals surface area (Å²) in [6.07, 6.45) is 1.51. The van der Waals surface area contributed by atoms with Crippen LogP contribution in [-0.4, -0.2) is 70.2 Å². The Labute approximate surface area is 200 Å². The second kappa shape index (κ2) is 11.5. The molecular weight excluding hydrogens is 475 g/mol. The quantitative estimate of drug-likeness (QED) is 0.647. The fourth-order valence-corrected chi connectivity index (χ4v) is 3.75. The van der Waals surface area contributed by atoms with Gasteiger partial charge in [0.25, 0.3) is 5.91 Å². The maximum Gasteiger partial charge on any atom is 0.490 e. The summed E-state index contributed by atoms with van der Waals surface area (Å²) in [7, 11) is 0. The van der Waals surface area contributed by atoms with Crippen molar-refractivity contribution in [2.24, 2.45) is 0 Å². The number of hydrogen-bond acceptors (Lipinski definition) is 5. The van der Waals surface area contributed by atoms with E-state index in [4.69, 9.17) is 26.2 Å². The Kier molecular flexibility index (Phi) is 8.73. The molecule has 0 atom stereocenters. The number of aliphatic carboxylic acids is 1. The van der Waals surface area contributed by atoms with Crippen LogP contribution >= 0.6 is 11.6 Å². The molecule has 0 radical (unpaired) electrons. The van der Waals surface area contributed by atoms with E-state index >= 15 is 0 Å². The molecule has 1 aliphatic carbocycles. The van der Waals surface area contributed by atoms with Gasteiger partial charge in [-0.2, -0.15) is 13.2 Å². The van der Waals surface area contributed by atoms with Crippen molar-refractivity contribution in [2.45, 2.75) is 37.9 Å². The van der Waals surface area contributed by atoms with Gasteiger partial charge in [0.2, 0.25) is 0 Å². The summed E-state index contributed by atoms with van der Waals surface area (Å²) in [6.45, 7) is 3.64. The molecule has 1 aliphatic heterocycles. The van der Waals surface area contributed by atoms with Gasteiger partial charge in [0.05, 0.1) is 6.20 Å². The Morgan fingerprint density at radius 1 is 0.971 bits per heavy atom. The topological polar surface area (TPSA) is 83.0 Å². The lowest BCUT2D eigenvalue weighted by atomic mass is 9.91. The number of hydrogen-bond donors (Lipinski definition) is 1. The van der Waals surface area contributed by atoms with Crippen molar-refractivity contribution in [1.82, 2.24) is 14.8 Å². The lowest BCUT2D eigenvalue weighted by molar-refractivity contribution is -0.192. The number of halogens is 4. The van der Waals surface area contributed by atoms with Gasteiger partial charge in [-0.25, -0.2) is 9.78 Å². The van der Waals surface area contributed by atoms with Crippen molar-refractivity contribution >= 4 is 23.5 Å². The summed E-state index contributed by atoms with van der Waals surface area (Å²) in [5.74, 6) is -1.47. The molecule has 1 aromatic carbocycles. The molecule has 1 saturated carbocycles. The van der Waals surface area contributed by atoms with Crippen LogP contribution in [0.5, 0.6) is 11.5 Å². The zero-order chi connectivity index (χ0) is 24.7. The van der Waals surface area contributed by atoms with E-state index in [0.29, 0.717) is 22.2 Å². The van der Waals surface area contributed by atoms with Crippen molar-refractivity contribution in [3.8, 4) is 11.5 Å². The molecule has 1 saturated heterocycles. The average molecular weight is 500 g/mol. The number of nitrogens with zero attached hydrogens (tertiary/aromatic N) is 3. The van der Waals surface area contributed by atoms with Gasteiger partial charge in [0, 0.05) is 37.2 Å². The van der Waals surface area contributed by atoms with Crippen molar-refractivity contribution in [3.63, 3.8) is 0 Å². The van der Waals surface area contributed by atoms with E-state index in [9.17, 15) is 18.0 Å². The molecule has 0 unspecified atom stereocenters. The summed E-state index contributed by atoms with van der Waals surface area (Å²) in [5, 5.41) is 7.79. The largest absolute Gasteiger partial charge is 0.490 e. The molecule has 1 amide bonds. The van der Waals surface area contributed by atoms with Gasteiger partial charge in [-0.15, -0.1) is 0 Å². The molecule has 0 spiro atoms. The normalized spacial score (nSPS) is 17.1. The minimum absolute atomic E-state index is 0.00324. The van der Waals surface area contributed by atoms with Crippen LogP contribution in [0.25, 0.3) is 0 Å². The van der Waals surface area contributed by atoms with Gasteiger partial charge < -0.3 is 14.7 Å². The maximum absolute atomic E-state index is 12.8. The van der Waals surface area contributed by atoms with E-state index in [1.54, 1.807) is 42.6 Å². The number of aromatic nitrogens is 1. The third kappa shape index (κ3) is 7.33. The molecule has 0 bridgehead atoms. The molecule has 11 heteroatoms. The van der Waals surface area contributed by atoms with Crippen molar-refractivity contribution < 1.29 is 32.6 Å². The zero-order valence-electron chi connectivity index (χ0n) is 18.3. The summed E-state index contributed by atoms with van der Waals surface area (Å²) >= 11 is 5.88. The van der Waals surface area contributed by atoms with Gasteiger partial charge in [0.1, 0.15) is 17.2 Å². The van der Waals surface area contributed by atoms with Crippen LogP contribution in [0.4, 0.5) is 13.2 Å². The predicted molar refractivity (Wildman–Crippen MR) is 119 cm³/mol. The fraction of sp³-hybridized carbons (Fsp3) is 0.435. The first-order valence-corrected chi connectivity index (χ1v) is 11.2. The number of pyridine rings is 1. The van der Waals surface area contributed by atoms with Crippen molar-refractivity contribution in [3.05, 3.63) is 53.3 Å². The molecule has 184 valence electrons. The first-order chi connectivity index (χ1) is 16.1. The molecular formula is C23H25ClF3N3O4. The Bertz CT molecular complexity index is 967. The van der Waals surface area contributed by atoms with Crippen LogP contribution in [0, 0.1) is 0 Å². The number of rotatable bonds is 4. The predicted octanol–water partition coefficient (Wildman–Crippen LogP) is 4.86. The Morgan fingerprint density at radius 3 is 2.15 bits per heavy atom. The van der Waals surface area contributed by atoms with Gasteiger partial charge in [-0.3, -0.25) is 9.69 Å². The molecule has 1 N–H and O–H groups in total. The summed E-state index contributed by atoms with van der Waals surface area (Å²) in [5.41, 5.74) is 0.468. The van der Waals surface area contributed by atoms with Gasteiger partial charge in [-0.05, 0) is 55.7 Å². The van der Waals surface area contributed by atoms with E-state index in [1.807, 2.05) is 4.90 Å². The minimum atomic E-state index is -5.08. The lowest BCUT2D eigenvalue weighted by Gasteiger charge is -2.36.